The Balaban J connectivity index is 1.70. The van der Waals surface area contributed by atoms with Gasteiger partial charge in [-0.05, 0) is 17.7 Å². The van der Waals surface area contributed by atoms with Crippen molar-refractivity contribution in [3.63, 3.8) is 0 Å². The van der Waals surface area contributed by atoms with Crippen molar-refractivity contribution in [1.29, 1.82) is 0 Å². The van der Waals surface area contributed by atoms with Crippen LogP contribution in [0.2, 0.25) is 0 Å². The van der Waals surface area contributed by atoms with Gasteiger partial charge < -0.3 is 24.1 Å². The summed E-state index contributed by atoms with van der Waals surface area (Å²) in [6.45, 7) is 1.94. The van der Waals surface area contributed by atoms with Gasteiger partial charge in [0.15, 0.2) is 11.5 Å². The second-order valence-corrected chi connectivity index (χ2v) is 6.25. The van der Waals surface area contributed by atoms with Crippen molar-refractivity contribution < 1.29 is 14.2 Å². The minimum atomic E-state index is -0.140. The average molecular weight is 368 g/mol. The molecule has 8 nitrogen and oxygen atoms in total. The fourth-order valence-corrected chi connectivity index (χ4v) is 3.32. The van der Waals surface area contributed by atoms with E-state index in [9.17, 15) is 4.79 Å². The molecule has 3 heterocycles. The maximum absolute atomic E-state index is 11.3. The highest BCUT2D eigenvalue weighted by Crippen LogP contribution is 2.36. The van der Waals surface area contributed by atoms with Gasteiger partial charge in [0.05, 0.1) is 38.2 Å². The highest BCUT2D eigenvalue weighted by molar-refractivity contribution is 5.93. The smallest absolute Gasteiger partial charge is 0.247 e. The van der Waals surface area contributed by atoms with Crippen LogP contribution in [-0.4, -0.2) is 49.1 Å². The van der Waals surface area contributed by atoms with Crippen molar-refractivity contribution >= 4 is 16.6 Å². The molecule has 1 unspecified atom stereocenters. The molecule has 1 atom stereocenters. The zero-order valence-electron chi connectivity index (χ0n) is 15.1. The quantitative estimate of drug-likeness (QED) is 0.752. The summed E-state index contributed by atoms with van der Waals surface area (Å²) in [5, 5.41) is 9.31. The molecule has 2 aromatic heterocycles. The number of benzene rings is 1. The van der Waals surface area contributed by atoms with Gasteiger partial charge in [0.25, 0.3) is 0 Å². The van der Waals surface area contributed by atoms with Gasteiger partial charge in [-0.25, -0.2) is 0 Å². The minimum Gasteiger partial charge on any atom is -0.493 e. The molecule has 1 aromatic carbocycles. The van der Waals surface area contributed by atoms with Gasteiger partial charge in [0, 0.05) is 36.8 Å². The molecule has 27 heavy (non-hydrogen) atoms. The Labute approximate surface area is 155 Å². The summed E-state index contributed by atoms with van der Waals surface area (Å²) in [4.78, 5) is 16.2. The van der Waals surface area contributed by atoms with Crippen LogP contribution in [0.5, 0.6) is 11.5 Å². The van der Waals surface area contributed by atoms with Crippen LogP contribution in [0.15, 0.2) is 41.5 Å². The fourth-order valence-electron chi connectivity index (χ4n) is 3.32. The van der Waals surface area contributed by atoms with Crippen LogP contribution in [-0.2, 0) is 4.74 Å². The monoisotopic (exact) mass is 368 g/mol. The predicted molar refractivity (Wildman–Crippen MR) is 101 cm³/mol. The van der Waals surface area contributed by atoms with Gasteiger partial charge in [-0.2, -0.15) is 10.2 Å². The number of fused-ring (bicyclic) bond motifs is 1. The summed E-state index contributed by atoms with van der Waals surface area (Å²) >= 11 is 0. The van der Waals surface area contributed by atoms with Gasteiger partial charge in [-0.1, -0.05) is 0 Å². The summed E-state index contributed by atoms with van der Waals surface area (Å²) in [5.41, 5.74) is 2.50. The molecule has 140 valence electrons. The molecule has 0 amide bonds. The number of morpholine rings is 1. The number of methoxy groups -OCH3 is 2. The Kier molecular flexibility index (Phi) is 4.64. The molecule has 0 spiro atoms. The molecule has 4 rings (SSSR count). The van der Waals surface area contributed by atoms with Gasteiger partial charge in [0.2, 0.25) is 5.56 Å². The maximum Gasteiger partial charge on any atom is 0.247 e. The molecular formula is C19H20N4O4. The summed E-state index contributed by atoms with van der Waals surface area (Å²) < 4.78 is 16.7. The minimum absolute atomic E-state index is 0.128. The van der Waals surface area contributed by atoms with Crippen molar-refractivity contribution in [2.75, 3.05) is 38.8 Å². The van der Waals surface area contributed by atoms with E-state index < -0.39 is 0 Å². The first-order chi connectivity index (χ1) is 13.2. The molecule has 3 aromatic rings. The van der Waals surface area contributed by atoms with E-state index in [1.54, 1.807) is 32.7 Å². The van der Waals surface area contributed by atoms with Gasteiger partial charge in [-0.15, -0.1) is 0 Å². The molecule has 1 fully saturated rings. The number of ether oxygens (including phenoxy) is 3. The SMILES string of the molecule is COc1cc2nncc(N3CCOC(c4ccc(=O)[nH]c4)C3)c2cc1OC. The maximum atomic E-state index is 11.3. The number of anilines is 1. The van der Waals surface area contributed by atoms with E-state index in [0.717, 1.165) is 28.7 Å². The second-order valence-electron chi connectivity index (χ2n) is 6.25. The lowest BCUT2D eigenvalue weighted by molar-refractivity contribution is 0.0396. The highest BCUT2D eigenvalue weighted by atomic mass is 16.5. The van der Waals surface area contributed by atoms with Gasteiger partial charge in [-0.3, -0.25) is 4.79 Å². The van der Waals surface area contributed by atoms with E-state index in [4.69, 9.17) is 14.2 Å². The van der Waals surface area contributed by atoms with Crippen molar-refractivity contribution in [2.24, 2.45) is 0 Å². The molecule has 8 heteroatoms. The van der Waals surface area contributed by atoms with E-state index in [0.29, 0.717) is 24.7 Å². The number of pyridine rings is 1. The first-order valence-corrected chi connectivity index (χ1v) is 8.62. The van der Waals surface area contributed by atoms with Gasteiger partial charge in [0.1, 0.15) is 6.10 Å². The van der Waals surface area contributed by atoms with Crippen LogP contribution in [0.25, 0.3) is 10.9 Å². The Morgan fingerprint density at radius 2 is 2.04 bits per heavy atom. The number of H-pyrrole nitrogens is 1. The average Bonchev–Trinajstić information content (AvgIpc) is 2.72. The van der Waals surface area contributed by atoms with E-state index in [-0.39, 0.29) is 11.7 Å². The van der Waals surface area contributed by atoms with Crippen molar-refractivity contribution in [3.8, 4) is 11.5 Å². The third-order valence-corrected chi connectivity index (χ3v) is 4.71. The Morgan fingerprint density at radius 3 is 2.78 bits per heavy atom. The number of hydrogen-bond acceptors (Lipinski definition) is 7. The normalized spacial score (nSPS) is 17.1. The van der Waals surface area contributed by atoms with Crippen LogP contribution in [0, 0.1) is 0 Å². The third-order valence-electron chi connectivity index (χ3n) is 4.71. The summed E-state index contributed by atoms with van der Waals surface area (Å²) in [6, 6.07) is 7.05. The zero-order chi connectivity index (χ0) is 18.8. The molecule has 1 N–H and O–H groups in total. The van der Waals surface area contributed by atoms with Crippen molar-refractivity contribution in [2.45, 2.75) is 6.10 Å². The van der Waals surface area contributed by atoms with Gasteiger partial charge >= 0.3 is 0 Å². The van der Waals surface area contributed by atoms with E-state index in [1.807, 2.05) is 12.1 Å². The lowest BCUT2D eigenvalue weighted by atomic mass is 10.1. The molecular weight excluding hydrogens is 348 g/mol. The molecule has 0 aliphatic carbocycles. The number of hydrogen-bond donors (Lipinski definition) is 1. The van der Waals surface area contributed by atoms with Crippen LogP contribution in [0.4, 0.5) is 5.69 Å². The molecule has 1 aliphatic rings. The zero-order valence-corrected chi connectivity index (χ0v) is 15.1. The number of rotatable bonds is 4. The standard InChI is InChI=1S/C19H20N4O4/c1-25-16-7-13-14(8-17(16)26-2)22-21-10-15(13)23-5-6-27-18(11-23)12-3-4-19(24)20-9-12/h3-4,7-10,18H,5-6,11H2,1-2H3,(H,20,24). The van der Waals surface area contributed by atoms with Crippen molar-refractivity contribution in [1.82, 2.24) is 15.2 Å². The van der Waals surface area contributed by atoms with E-state index in [2.05, 4.69) is 20.1 Å². The van der Waals surface area contributed by atoms with Crippen LogP contribution in [0.1, 0.15) is 11.7 Å². The molecule has 0 bridgehead atoms. The Hall–Kier alpha value is -3.13. The molecule has 0 radical (unpaired) electrons. The van der Waals surface area contributed by atoms with Crippen molar-refractivity contribution in [3.05, 3.63) is 52.6 Å². The second kappa shape index (κ2) is 7.24. The summed E-state index contributed by atoms with van der Waals surface area (Å²) in [5.74, 6) is 1.26. The lowest BCUT2D eigenvalue weighted by Gasteiger charge is -2.35. The van der Waals surface area contributed by atoms with Crippen LogP contribution < -0.4 is 19.9 Å². The van der Waals surface area contributed by atoms with E-state index in [1.165, 1.54) is 6.07 Å². The number of nitrogens with zero attached hydrogens (tertiary/aromatic N) is 3. The Morgan fingerprint density at radius 1 is 1.22 bits per heavy atom. The lowest BCUT2D eigenvalue weighted by Crippen LogP contribution is -2.38. The molecule has 1 saturated heterocycles. The third kappa shape index (κ3) is 3.31. The van der Waals surface area contributed by atoms with Crippen LogP contribution >= 0.6 is 0 Å². The first-order valence-electron chi connectivity index (χ1n) is 8.62. The Bertz CT molecular complexity index is 1000. The number of aromatic amines is 1. The van der Waals surface area contributed by atoms with Crippen LogP contribution in [0.3, 0.4) is 0 Å². The molecule has 1 aliphatic heterocycles. The predicted octanol–water partition coefficient (Wildman–Crippen LogP) is 1.91. The fraction of sp³-hybridized carbons (Fsp3) is 0.316. The molecule has 0 saturated carbocycles. The first kappa shape index (κ1) is 17.3. The summed E-state index contributed by atoms with van der Waals surface area (Å²) in [6.07, 6.45) is 3.32. The van der Waals surface area contributed by atoms with E-state index >= 15 is 0 Å². The number of nitrogens with one attached hydrogen (secondary N) is 1. The number of aromatic nitrogens is 3. The topological polar surface area (TPSA) is 89.6 Å². The largest absolute Gasteiger partial charge is 0.493 e. The summed E-state index contributed by atoms with van der Waals surface area (Å²) in [7, 11) is 3.21. The highest BCUT2D eigenvalue weighted by Gasteiger charge is 2.24.